The Morgan fingerprint density at radius 1 is 0.267 bits per heavy atom. The van der Waals surface area contributed by atoms with Crippen LogP contribution < -0.4 is 4.90 Å². The highest BCUT2D eigenvalue weighted by Crippen LogP contribution is 2.56. The molecular formula is C73H50N2. The summed E-state index contributed by atoms with van der Waals surface area (Å²) in [6.07, 6.45) is 0. The Hall–Kier alpha value is -9.76. The van der Waals surface area contributed by atoms with Gasteiger partial charge in [-0.25, -0.2) is 0 Å². The van der Waals surface area contributed by atoms with Crippen molar-refractivity contribution in [3.05, 3.63) is 326 Å². The van der Waals surface area contributed by atoms with E-state index in [1.807, 2.05) is 0 Å². The first-order chi connectivity index (χ1) is 37.2. The topological polar surface area (TPSA) is 8.17 Å². The van der Waals surface area contributed by atoms with Crippen molar-refractivity contribution in [3.63, 3.8) is 0 Å². The molecule has 0 fully saturated rings. The van der Waals surface area contributed by atoms with Crippen LogP contribution in [0, 0.1) is 0 Å². The molecule has 12 aromatic carbocycles. The molecular weight excluding hydrogens is 905 g/mol. The summed E-state index contributed by atoms with van der Waals surface area (Å²) in [7, 11) is 0. The molecule has 2 nitrogen and oxygen atoms in total. The quantitative estimate of drug-likeness (QED) is 0.133. The van der Waals surface area contributed by atoms with Crippen LogP contribution in [-0.2, 0) is 5.41 Å². The minimum atomic E-state index is -0.449. The number of benzene rings is 12. The third-order valence-corrected chi connectivity index (χ3v) is 15.5. The van der Waals surface area contributed by atoms with Gasteiger partial charge in [0.15, 0.2) is 0 Å². The van der Waals surface area contributed by atoms with Crippen LogP contribution in [-0.4, -0.2) is 4.57 Å². The van der Waals surface area contributed by atoms with Gasteiger partial charge in [-0.15, -0.1) is 0 Å². The van der Waals surface area contributed by atoms with E-state index in [1.54, 1.807) is 0 Å². The lowest BCUT2D eigenvalue weighted by atomic mass is 9.68. The number of anilines is 3. The molecule has 13 aromatic rings. The fourth-order valence-electron chi connectivity index (χ4n) is 12.2. The Balaban J connectivity index is 0.844. The predicted octanol–water partition coefficient (Wildman–Crippen LogP) is 19.3. The summed E-state index contributed by atoms with van der Waals surface area (Å²) in [5.74, 6) is 0. The normalized spacial score (nSPS) is 12.4. The number of para-hydroxylation sites is 3. The van der Waals surface area contributed by atoms with Gasteiger partial charge in [-0.05, 0) is 127 Å². The highest BCUT2D eigenvalue weighted by Gasteiger charge is 2.46. The van der Waals surface area contributed by atoms with Gasteiger partial charge in [0.2, 0.25) is 0 Å². The lowest BCUT2D eigenvalue weighted by Gasteiger charge is -2.33. The highest BCUT2D eigenvalue weighted by atomic mass is 15.1. The van der Waals surface area contributed by atoms with E-state index in [9.17, 15) is 0 Å². The van der Waals surface area contributed by atoms with Crippen molar-refractivity contribution in [3.8, 4) is 61.3 Å². The first-order valence-electron chi connectivity index (χ1n) is 25.9. The van der Waals surface area contributed by atoms with Crippen LogP contribution >= 0.6 is 0 Å². The monoisotopic (exact) mass is 954 g/mol. The van der Waals surface area contributed by atoms with E-state index in [0.717, 1.165) is 33.9 Å². The first kappa shape index (κ1) is 44.0. The summed E-state index contributed by atoms with van der Waals surface area (Å²) in [5, 5.41) is 2.47. The Bertz CT molecular complexity index is 4160. The molecule has 0 saturated heterocycles. The molecule has 0 aliphatic heterocycles. The fraction of sp³-hybridized carbons (Fsp3) is 0.0137. The molecule has 2 heteroatoms. The van der Waals surface area contributed by atoms with Gasteiger partial charge in [0, 0.05) is 33.4 Å². The molecule has 1 aliphatic rings. The summed E-state index contributed by atoms with van der Waals surface area (Å²) >= 11 is 0. The molecule has 0 N–H and O–H groups in total. The zero-order chi connectivity index (χ0) is 49.7. The lowest BCUT2D eigenvalue weighted by Crippen LogP contribution is -2.28. The van der Waals surface area contributed by atoms with Gasteiger partial charge in [-0.2, -0.15) is 0 Å². The molecule has 1 aliphatic carbocycles. The predicted molar refractivity (Wildman–Crippen MR) is 315 cm³/mol. The summed E-state index contributed by atoms with van der Waals surface area (Å²) in [4.78, 5) is 2.38. The van der Waals surface area contributed by atoms with Crippen molar-refractivity contribution >= 4 is 38.9 Å². The molecule has 0 spiro atoms. The van der Waals surface area contributed by atoms with Crippen LogP contribution in [0.15, 0.2) is 303 Å². The van der Waals surface area contributed by atoms with E-state index in [1.165, 1.54) is 88.6 Å². The molecule has 1 heterocycles. The van der Waals surface area contributed by atoms with E-state index >= 15 is 0 Å². The maximum Gasteiger partial charge on any atom is 0.0713 e. The zero-order valence-electron chi connectivity index (χ0n) is 41.3. The van der Waals surface area contributed by atoms with Crippen LogP contribution in [0.25, 0.3) is 83.1 Å². The van der Waals surface area contributed by atoms with Crippen molar-refractivity contribution in [1.29, 1.82) is 0 Å². The van der Waals surface area contributed by atoms with Gasteiger partial charge in [0.1, 0.15) is 0 Å². The van der Waals surface area contributed by atoms with Crippen LogP contribution in [0.1, 0.15) is 22.3 Å². The van der Waals surface area contributed by atoms with Crippen molar-refractivity contribution in [2.24, 2.45) is 0 Å². The average Bonchev–Trinajstić information content (AvgIpc) is 3.99. The van der Waals surface area contributed by atoms with Crippen LogP contribution in [0.2, 0.25) is 0 Å². The molecule has 0 radical (unpaired) electrons. The van der Waals surface area contributed by atoms with E-state index < -0.39 is 5.41 Å². The Labute approximate surface area is 438 Å². The molecule has 0 atom stereocenters. The Morgan fingerprint density at radius 3 is 1.43 bits per heavy atom. The van der Waals surface area contributed by atoms with Gasteiger partial charge in [-0.1, -0.05) is 249 Å². The Kier molecular flexibility index (Phi) is 10.8. The molecule has 75 heavy (non-hydrogen) atoms. The largest absolute Gasteiger partial charge is 0.310 e. The summed E-state index contributed by atoms with van der Waals surface area (Å²) in [6, 6.07) is 111. The van der Waals surface area contributed by atoms with Gasteiger partial charge in [-0.3, -0.25) is 0 Å². The summed E-state index contributed by atoms with van der Waals surface area (Å²) < 4.78 is 2.47. The molecule has 0 saturated carbocycles. The van der Waals surface area contributed by atoms with Gasteiger partial charge in [0.25, 0.3) is 0 Å². The minimum Gasteiger partial charge on any atom is -0.310 e. The molecule has 0 amide bonds. The third kappa shape index (κ3) is 7.33. The zero-order valence-corrected chi connectivity index (χ0v) is 41.3. The van der Waals surface area contributed by atoms with E-state index in [4.69, 9.17) is 0 Å². The van der Waals surface area contributed by atoms with Crippen LogP contribution in [0.3, 0.4) is 0 Å². The standard InChI is InChI=1S/C73H50N2/c1-5-21-52(22-6-1)61-29-13-14-30-62(61)53-41-44-59(45-42-53)74(58-27-11-4-12-28-58)70-35-19-16-31-63(70)54-39-37-51(38-40-54)55-43-47-66-65-33-17-20-36-71(65)75(72(66)49-55)60-46-48-69-67(50-60)64-32-15-18-34-68(64)73(69,56-23-7-2-8-24-56)57-25-9-3-10-26-57/h1-50H. The van der Waals surface area contributed by atoms with Gasteiger partial charge >= 0.3 is 0 Å². The molecule has 1 aromatic heterocycles. The lowest BCUT2D eigenvalue weighted by molar-refractivity contribution is 0.768. The van der Waals surface area contributed by atoms with Crippen LogP contribution in [0.5, 0.6) is 0 Å². The molecule has 352 valence electrons. The number of hydrogen-bond acceptors (Lipinski definition) is 1. The van der Waals surface area contributed by atoms with Gasteiger partial charge in [0.05, 0.1) is 22.1 Å². The summed E-state index contributed by atoms with van der Waals surface area (Å²) in [6.45, 7) is 0. The number of rotatable bonds is 10. The maximum atomic E-state index is 2.47. The van der Waals surface area contributed by atoms with Crippen molar-refractivity contribution in [2.45, 2.75) is 5.41 Å². The van der Waals surface area contributed by atoms with Crippen molar-refractivity contribution in [1.82, 2.24) is 4.57 Å². The second-order valence-corrected chi connectivity index (χ2v) is 19.6. The number of fused-ring (bicyclic) bond motifs is 6. The second-order valence-electron chi connectivity index (χ2n) is 19.6. The number of hydrogen-bond donors (Lipinski definition) is 0. The SMILES string of the molecule is c1ccc(-c2ccccc2-c2ccc(N(c3ccccc3)c3ccccc3-c3ccc(-c4ccc5c6ccccc6n(-c6ccc7c(c6)-c6ccccc6C7(c6ccccc6)c6ccccc6)c5c4)cc3)cc2)cc1. The van der Waals surface area contributed by atoms with Crippen LogP contribution in [0.4, 0.5) is 17.1 Å². The smallest absolute Gasteiger partial charge is 0.0713 e. The van der Waals surface area contributed by atoms with Gasteiger partial charge < -0.3 is 9.47 Å². The van der Waals surface area contributed by atoms with E-state index in [2.05, 4.69) is 313 Å². The fourth-order valence-corrected chi connectivity index (χ4v) is 12.2. The maximum absolute atomic E-state index is 2.47. The average molecular weight is 955 g/mol. The Morgan fingerprint density at radius 2 is 0.733 bits per heavy atom. The van der Waals surface area contributed by atoms with E-state index in [-0.39, 0.29) is 0 Å². The molecule has 0 unspecified atom stereocenters. The molecule has 14 rings (SSSR count). The molecule has 0 bridgehead atoms. The first-order valence-corrected chi connectivity index (χ1v) is 25.9. The van der Waals surface area contributed by atoms with Crippen molar-refractivity contribution in [2.75, 3.05) is 4.90 Å². The van der Waals surface area contributed by atoms with Crippen molar-refractivity contribution < 1.29 is 0 Å². The third-order valence-electron chi connectivity index (χ3n) is 15.5. The second kappa shape index (κ2) is 18.4. The number of aromatic nitrogens is 1. The summed E-state index contributed by atoms with van der Waals surface area (Å²) in [5.41, 5.74) is 23.5. The number of nitrogens with zero attached hydrogens (tertiary/aromatic N) is 2. The highest BCUT2D eigenvalue weighted by molar-refractivity contribution is 6.10. The van der Waals surface area contributed by atoms with E-state index in [0.29, 0.717) is 0 Å². The minimum absolute atomic E-state index is 0.449.